The lowest BCUT2D eigenvalue weighted by Crippen LogP contribution is -2.40. The van der Waals surface area contributed by atoms with E-state index in [4.69, 9.17) is 0 Å². The molecule has 0 spiro atoms. The van der Waals surface area contributed by atoms with Gasteiger partial charge in [0.15, 0.2) is 5.82 Å². The first-order chi connectivity index (χ1) is 11.1. The van der Waals surface area contributed by atoms with Crippen LogP contribution in [0.5, 0.6) is 0 Å². The zero-order valence-corrected chi connectivity index (χ0v) is 14.2. The van der Waals surface area contributed by atoms with Crippen LogP contribution in [0.25, 0.3) is 11.5 Å². The first kappa shape index (κ1) is 15.9. The lowest BCUT2D eigenvalue weighted by molar-refractivity contribution is 0.0694. The van der Waals surface area contributed by atoms with Gasteiger partial charge in [-0.25, -0.2) is 9.97 Å². The van der Waals surface area contributed by atoms with E-state index in [0.717, 1.165) is 30.7 Å². The summed E-state index contributed by atoms with van der Waals surface area (Å²) in [6.45, 7) is 1.89. The highest BCUT2D eigenvalue weighted by Gasteiger charge is 2.25. The molecular formula is C16H20N4O2S. The van der Waals surface area contributed by atoms with Crippen LogP contribution in [0.4, 0.5) is 0 Å². The maximum absolute atomic E-state index is 12.6. The van der Waals surface area contributed by atoms with Gasteiger partial charge in [-0.15, -0.1) is 11.3 Å². The summed E-state index contributed by atoms with van der Waals surface area (Å²) in [5, 5.41) is 2.74. The van der Waals surface area contributed by atoms with Gasteiger partial charge in [-0.1, -0.05) is 19.3 Å². The van der Waals surface area contributed by atoms with Crippen molar-refractivity contribution in [1.29, 1.82) is 0 Å². The Labute approximate surface area is 138 Å². The van der Waals surface area contributed by atoms with Crippen molar-refractivity contribution in [2.75, 3.05) is 7.05 Å². The molecule has 1 saturated carbocycles. The molecule has 1 amide bonds. The average Bonchev–Trinajstić information content (AvgIpc) is 3.01. The number of amides is 1. The molecule has 0 bridgehead atoms. The smallest absolute Gasteiger partial charge is 0.264 e. The largest absolute Gasteiger partial charge is 0.339 e. The first-order valence-electron chi connectivity index (χ1n) is 7.85. The molecule has 3 rings (SSSR count). The summed E-state index contributed by atoms with van der Waals surface area (Å²) < 4.78 is 0. The molecule has 2 heterocycles. The van der Waals surface area contributed by atoms with Gasteiger partial charge in [0.1, 0.15) is 11.3 Å². The van der Waals surface area contributed by atoms with E-state index in [-0.39, 0.29) is 17.5 Å². The first-order valence-corrected chi connectivity index (χ1v) is 8.73. The van der Waals surface area contributed by atoms with Crippen LogP contribution in [0.3, 0.4) is 0 Å². The van der Waals surface area contributed by atoms with E-state index in [0.29, 0.717) is 11.5 Å². The van der Waals surface area contributed by atoms with Crippen molar-refractivity contribution in [3.63, 3.8) is 0 Å². The maximum atomic E-state index is 12.6. The third-order valence-corrected chi connectivity index (χ3v) is 5.11. The van der Waals surface area contributed by atoms with E-state index in [9.17, 15) is 9.59 Å². The van der Waals surface area contributed by atoms with Crippen molar-refractivity contribution in [3.8, 4) is 11.5 Å². The second kappa shape index (κ2) is 6.62. The van der Waals surface area contributed by atoms with Gasteiger partial charge in [0, 0.05) is 24.7 Å². The number of hydrogen-bond acceptors (Lipinski definition) is 5. The normalized spacial score (nSPS) is 15.6. The van der Waals surface area contributed by atoms with Crippen molar-refractivity contribution in [1.82, 2.24) is 19.9 Å². The maximum Gasteiger partial charge on any atom is 0.264 e. The molecular weight excluding hydrogens is 312 g/mol. The fourth-order valence-corrected chi connectivity index (χ4v) is 3.57. The molecule has 1 N–H and O–H groups in total. The molecule has 1 aliphatic carbocycles. The van der Waals surface area contributed by atoms with Crippen LogP contribution in [-0.4, -0.2) is 38.8 Å². The second-order valence-corrected chi connectivity index (χ2v) is 7.00. The van der Waals surface area contributed by atoms with Crippen molar-refractivity contribution < 1.29 is 4.79 Å². The predicted molar refractivity (Wildman–Crippen MR) is 89.7 cm³/mol. The van der Waals surface area contributed by atoms with Crippen LogP contribution >= 0.6 is 11.3 Å². The van der Waals surface area contributed by atoms with Crippen molar-refractivity contribution in [2.45, 2.75) is 45.1 Å². The van der Waals surface area contributed by atoms with Gasteiger partial charge in [0.25, 0.3) is 11.5 Å². The van der Waals surface area contributed by atoms with E-state index in [1.165, 1.54) is 24.0 Å². The molecule has 0 radical (unpaired) electrons. The van der Waals surface area contributed by atoms with Crippen molar-refractivity contribution in [3.05, 3.63) is 32.5 Å². The molecule has 2 aromatic heterocycles. The topological polar surface area (TPSA) is 79.0 Å². The zero-order chi connectivity index (χ0) is 16.4. The van der Waals surface area contributed by atoms with Crippen LogP contribution in [0, 0.1) is 6.92 Å². The Morgan fingerprint density at radius 2 is 2.09 bits per heavy atom. The molecule has 0 saturated heterocycles. The summed E-state index contributed by atoms with van der Waals surface area (Å²) >= 11 is 1.49. The van der Waals surface area contributed by atoms with Crippen molar-refractivity contribution in [2.24, 2.45) is 0 Å². The summed E-state index contributed by atoms with van der Waals surface area (Å²) in [4.78, 5) is 37.7. The molecule has 23 heavy (non-hydrogen) atoms. The number of rotatable bonds is 3. The summed E-state index contributed by atoms with van der Waals surface area (Å²) in [6, 6.07) is 0.219. The fraction of sp³-hybridized carbons (Fsp3) is 0.500. The molecule has 0 aromatic carbocycles. The highest BCUT2D eigenvalue weighted by molar-refractivity contribution is 7.09. The Morgan fingerprint density at radius 3 is 2.70 bits per heavy atom. The lowest BCUT2D eigenvalue weighted by Gasteiger charge is -2.31. The third-order valence-electron chi connectivity index (χ3n) is 4.33. The minimum atomic E-state index is -0.409. The number of aromatic amines is 1. The molecule has 0 aliphatic heterocycles. The molecule has 7 heteroatoms. The lowest BCUT2D eigenvalue weighted by atomic mass is 9.94. The summed E-state index contributed by atoms with van der Waals surface area (Å²) in [5.74, 6) is 0.142. The number of carbonyl (C=O) groups excluding carboxylic acids is 1. The Bertz CT molecular complexity index is 761. The van der Waals surface area contributed by atoms with E-state index in [2.05, 4.69) is 15.0 Å². The zero-order valence-electron chi connectivity index (χ0n) is 13.3. The van der Waals surface area contributed by atoms with Gasteiger partial charge < -0.3 is 9.88 Å². The SMILES string of the molecule is Cc1nc(-c2ncc(C(=O)N(C)C3CCCCC3)c(=O)[nH]2)cs1. The van der Waals surface area contributed by atoms with Gasteiger partial charge in [-0.2, -0.15) is 0 Å². The summed E-state index contributed by atoms with van der Waals surface area (Å²) in [5.41, 5.74) is 0.311. The van der Waals surface area contributed by atoms with Gasteiger partial charge in [0.2, 0.25) is 0 Å². The fourth-order valence-electron chi connectivity index (χ4n) is 2.97. The summed E-state index contributed by atoms with van der Waals surface area (Å²) in [7, 11) is 1.77. The molecule has 1 fully saturated rings. The third kappa shape index (κ3) is 3.34. The quantitative estimate of drug-likeness (QED) is 0.937. The van der Waals surface area contributed by atoms with Crippen LogP contribution < -0.4 is 5.56 Å². The van der Waals surface area contributed by atoms with Crippen molar-refractivity contribution >= 4 is 17.2 Å². The number of aryl methyl sites for hydroxylation is 1. The van der Waals surface area contributed by atoms with E-state index < -0.39 is 5.56 Å². The summed E-state index contributed by atoms with van der Waals surface area (Å²) in [6.07, 6.45) is 6.87. The predicted octanol–water partition coefficient (Wildman–Crippen LogP) is 2.61. The molecule has 2 aromatic rings. The van der Waals surface area contributed by atoms with Gasteiger partial charge in [-0.3, -0.25) is 9.59 Å². The number of hydrogen-bond donors (Lipinski definition) is 1. The highest BCUT2D eigenvalue weighted by atomic mass is 32.1. The van der Waals surface area contributed by atoms with Crippen LogP contribution in [0.2, 0.25) is 0 Å². The second-order valence-electron chi connectivity index (χ2n) is 5.93. The van der Waals surface area contributed by atoms with Crippen LogP contribution in [0.1, 0.15) is 47.5 Å². The Balaban J connectivity index is 1.82. The van der Waals surface area contributed by atoms with E-state index >= 15 is 0 Å². The number of nitrogens with one attached hydrogen (secondary N) is 1. The minimum Gasteiger partial charge on any atom is -0.339 e. The Kier molecular flexibility index (Phi) is 4.56. The number of carbonyl (C=O) groups is 1. The number of aromatic nitrogens is 3. The monoisotopic (exact) mass is 332 g/mol. The Morgan fingerprint density at radius 1 is 1.35 bits per heavy atom. The molecule has 6 nitrogen and oxygen atoms in total. The van der Waals surface area contributed by atoms with Crippen LogP contribution in [0.15, 0.2) is 16.4 Å². The number of H-pyrrole nitrogens is 1. The minimum absolute atomic E-state index is 0.0915. The van der Waals surface area contributed by atoms with Gasteiger partial charge in [0.05, 0.1) is 5.01 Å². The Hall–Kier alpha value is -2.02. The molecule has 1 aliphatic rings. The van der Waals surface area contributed by atoms with Gasteiger partial charge in [-0.05, 0) is 19.8 Å². The van der Waals surface area contributed by atoms with E-state index in [1.54, 1.807) is 11.9 Å². The number of nitrogens with zero attached hydrogens (tertiary/aromatic N) is 3. The number of thiazole rings is 1. The standard InChI is InChI=1S/C16H20N4O2S/c1-10-18-13(9-23-10)14-17-8-12(15(21)19-14)16(22)20(2)11-6-4-3-5-7-11/h8-9,11H,3-7H2,1-2H3,(H,17,19,21). The van der Waals surface area contributed by atoms with Crippen LogP contribution in [-0.2, 0) is 0 Å². The molecule has 122 valence electrons. The average molecular weight is 332 g/mol. The molecule has 0 atom stereocenters. The highest BCUT2D eigenvalue weighted by Crippen LogP contribution is 2.22. The molecule has 0 unspecified atom stereocenters. The van der Waals surface area contributed by atoms with Gasteiger partial charge >= 0.3 is 0 Å². The van der Waals surface area contributed by atoms with E-state index in [1.807, 2.05) is 12.3 Å².